The maximum absolute atomic E-state index is 2.30. The fourth-order valence-corrected chi connectivity index (χ4v) is 4.78. The second-order valence-electron chi connectivity index (χ2n) is 4.99. The van der Waals surface area contributed by atoms with Crippen LogP contribution in [0.5, 0.6) is 0 Å². The molecule has 0 aliphatic heterocycles. The predicted molar refractivity (Wildman–Crippen MR) is 83.9 cm³/mol. The summed E-state index contributed by atoms with van der Waals surface area (Å²) in [6.07, 6.45) is 13.0. The quantitative estimate of drug-likeness (QED) is 0.386. The Morgan fingerprint density at radius 3 is 1.89 bits per heavy atom. The molecule has 0 nitrogen and oxygen atoms in total. The van der Waals surface area contributed by atoms with Crippen molar-refractivity contribution in [1.29, 1.82) is 0 Å². The van der Waals surface area contributed by atoms with Gasteiger partial charge >= 0.3 is 124 Å². The molecule has 0 aromatic heterocycles. The molecule has 0 bridgehead atoms. The van der Waals surface area contributed by atoms with Gasteiger partial charge in [-0.2, -0.15) is 0 Å². The van der Waals surface area contributed by atoms with Gasteiger partial charge in [-0.1, -0.05) is 0 Å². The van der Waals surface area contributed by atoms with Gasteiger partial charge in [0, 0.05) is 0 Å². The van der Waals surface area contributed by atoms with Crippen molar-refractivity contribution in [2.75, 3.05) is 0 Å². The van der Waals surface area contributed by atoms with E-state index in [2.05, 4.69) is 37.3 Å². The molecule has 0 atom stereocenters. The minimum atomic E-state index is 0.116. The van der Waals surface area contributed by atoms with Crippen LogP contribution in [0.15, 0.2) is 30.3 Å². The van der Waals surface area contributed by atoms with E-state index in [1.54, 1.807) is 3.61 Å². The molecule has 0 radical (unpaired) electrons. The third-order valence-corrected chi connectivity index (χ3v) is 6.39. The van der Waals surface area contributed by atoms with Crippen molar-refractivity contribution >= 4 is 24.5 Å². The van der Waals surface area contributed by atoms with Gasteiger partial charge in [0.1, 0.15) is 0 Å². The Hall–Kier alpha value is 0.00961. The van der Waals surface area contributed by atoms with Crippen LogP contribution in [0.25, 0.3) is 0 Å². The molecule has 0 heterocycles. The monoisotopic (exact) mass is 362 g/mol. The van der Waals surface area contributed by atoms with Crippen molar-refractivity contribution in [1.82, 2.24) is 0 Å². The van der Waals surface area contributed by atoms with Crippen molar-refractivity contribution in [3.05, 3.63) is 30.3 Å². The Balaban J connectivity index is 1.82. The minimum absolute atomic E-state index is 0.116. The summed E-state index contributed by atoms with van der Waals surface area (Å²) in [6.45, 7) is 2.29. The van der Waals surface area contributed by atoms with Crippen LogP contribution in [0.2, 0.25) is 4.47 Å². The standard InChI is InChI=1S/C17H28Te/c1-2-3-4-5-6-7-8-9-13-16-18-17-14-11-10-12-15-17/h10-12,14-15H,2-9,13,16H2,1H3. The van der Waals surface area contributed by atoms with Crippen molar-refractivity contribution in [2.45, 2.75) is 69.2 Å². The van der Waals surface area contributed by atoms with Gasteiger partial charge in [-0.15, -0.1) is 0 Å². The Morgan fingerprint density at radius 2 is 1.28 bits per heavy atom. The first kappa shape index (κ1) is 16.1. The molecule has 0 spiro atoms. The van der Waals surface area contributed by atoms with Crippen LogP contribution in [0, 0.1) is 0 Å². The van der Waals surface area contributed by atoms with Crippen LogP contribution in [-0.4, -0.2) is 20.9 Å². The van der Waals surface area contributed by atoms with E-state index >= 15 is 0 Å². The number of unbranched alkanes of at least 4 members (excludes halogenated alkanes) is 8. The summed E-state index contributed by atoms with van der Waals surface area (Å²) < 4.78 is 3.12. The Kier molecular flexibility index (Phi) is 10.8. The second kappa shape index (κ2) is 12.1. The Labute approximate surface area is 124 Å². The van der Waals surface area contributed by atoms with Gasteiger partial charge in [-0.25, -0.2) is 0 Å². The van der Waals surface area contributed by atoms with E-state index in [1.807, 2.05) is 0 Å². The van der Waals surface area contributed by atoms with E-state index in [0.29, 0.717) is 0 Å². The topological polar surface area (TPSA) is 0 Å². The van der Waals surface area contributed by atoms with Crippen LogP contribution >= 0.6 is 0 Å². The molecule has 0 saturated heterocycles. The number of benzene rings is 1. The van der Waals surface area contributed by atoms with Crippen LogP contribution in [0.1, 0.15) is 64.7 Å². The summed E-state index contributed by atoms with van der Waals surface area (Å²) in [4.78, 5) is 0. The molecule has 102 valence electrons. The fourth-order valence-electron chi connectivity index (χ4n) is 2.12. The number of hydrogen-bond acceptors (Lipinski definition) is 0. The summed E-state index contributed by atoms with van der Waals surface area (Å²) in [5.74, 6) is 0. The van der Waals surface area contributed by atoms with Gasteiger partial charge in [0.05, 0.1) is 0 Å². The molecule has 0 saturated carbocycles. The first-order valence-electron chi connectivity index (χ1n) is 7.61. The van der Waals surface area contributed by atoms with E-state index in [9.17, 15) is 0 Å². The molecule has 0 amide bonds. The molecular weight excluding hydrogens is 332 g/mol. The van der Waals surface area contributed by atoms with Gasteiger partial charge in [0.15, 0.2) is 0 Å². The van der Waals surface area contributed by atoms with E-state index in [4.69, 9.17) is 0 Å². The normalized spacial score (nSPS) is 10.7. The molecule has 0 aliphatic carbocycles. The molecule has 0 fully saturated rings. The van der Waals surface area contributed by atoms with E-state index in [1.165, 1.54) is 62.3 Å². The summed E-state index contributed by atoms with van der Waals surface area (Å²) >= 11 is 0.116. The SMILES string of the molecule is CCCCCCCCCCC[Te]c1ccccc1. The van der Waals surface area contributed by atoms with Gasteiger partial charge < -0.3 is 0 Å². The number of hydrogen-bond donors (Lipinski definition) is 0. The van der Waals surface area contributed by atoms with Crippen LogP contribution in [0.4, 0.5) is 0 Å². The maximum atomic E-state index is 2.30. The fraction of sp³-hybridized carbons (Fsp3) is 0.647. The zero-order valence-corrected chi connectivity index (χ0v) is 14.2. The zero-order valence-electron chi connectivity index (χ0n) is 11.9. The zero-order chi connectivity index (χ0) is 12.9. The Morgan fingerprint density at radius 1 is 0.722 bits per heavy atom. The molecule has 1 aromatic carbocycles. The van der Waals surface area contributed by atoms with Crippen molar-refractivity contribution < 1.29 is 0 Å². The summed E-state index contributed by atoms with van der Waals surface area (Å²) in [5.41, 5.74) is 0. The predicted octanol–water partition coefficient (Wildman–Crippen LogP) is 4.97. The summed E-state index contributed by atoms with van der Waals surface area (Å²) in [5, 5.41) is 0. The van der Waals surface area contributed by atoms with Gasteiger partial charge in [-0.05, 0) is 0 Å². The molecule has 1 rings (SSSR count). The average Bonchev–Trinajstić information content (AvgIpc) is 2.42. The molecule has 18 heavy (non-hydrogen) atoms. The van der Waals surface area contributed by atoms with Crippen molar-refractivity contribution in [2.24, 2.45) is 0 Å². The van der Waals surface area contributed by atoms with Crippen LogP contribution in [-0.2, 0) is 0 Å². The van der Waals surface area contributed by atoms with E-state index in [-0.39, 0.29) is 20.9 Å². The average molecular weight is 360 g/mol. The summed E-state index contributed by atoms with van der Waals surface area (Å²) in [7, 11) is 0. The van der Waals surface area contributed by atoms with Gasteiger partial charge in [0.2, 0.25) is 0 Å². The van der Waals surface area contributed by atoms with Gasteiger partial charge in [0.25, 0.3) is 0 Å². The molecule has 0 N–H and O–H groups in total. The van der Waals surface area contributed by atoms with Crippen LogP contribution in [0.3, 0.4) is 0 Å². The second-order valence-corrected chi connectivity index (χ2v) is 8.32. The van der Waals surface area contributed by atoms with E-state index in [0.717, 1.165) is 0 Å². The Bertz CT molecular complexity index is 268. The molecule has 0 aliphatic rings. The molecular formula is C17H28Te. The molecule has 1 aromatic rings. The van der Waals surface area contributed by atoms with E-state index < -0.39 is 0 Å². The third-order valence-electron chi connectivity index (χ3n) is 3.26. The molecule has 0 unspecified atom stereocenters. The number of rotatable bonds is 11. The van der Waals surface area contributed by atoms with Gasteiger partial charge in [-0.3, -0.25) is 0 Å². The first-order valence-corrected chi connectivity index (χ1v) is 10.4. The summed E-state index contributed by atoms with van der Waals surface area (Å²) in [6, 6.07) is 11.1. The van der Waals surface area contributed by atoms with Crippen molar-refractivity contribution in [3.8, 4) is 0 Å². The molecule has 1 heteroatoms. The van der Waals surface area contributed by atoms with Crippen LogP contribution < -0.4 is 3.61 Å². The third kappa shape index (κ3) is 9.01. The first-order chi connectivity index (χ1) is 8.93. The van der Waals surface area contributed by atoms with Crippen molar-refractivity contribution in [3.63, 3.8) is 0 Å².